The van der Waals surface area contributed by atoms with Crippen molar-refractivity contribution in [1.29, 1.82) is 0 Å². The van der Waals surface area contributed by atoms with Crippen LogP contribution in [-0.4, -0.2) is 41.9 Å². The van der Waals surface area contributed by atoms with Crippen LogP contribution in [0.1, 0.15) is 36.0 Å². The molecule has 1 aromatic carbocycles. The van der Waals surface area contributed by atoms with E-state index >= 15 is 0 Å². The predicted octanol–water partition coefficient (Wildman–Crippen LogP) is 3.24. The summed E-state index contributed by atoms with van der Waals surface area (Å²) < 4.78 is 11.3. The molecule has 1 saturated heterocycles. The number of para-hydroxylation sites is 1. The van der Waals surface area contributed by atoms with Crippen LogP contribution < -0.4 is 9.47 Å². The van der Waals surface area contributed by atoms with Gasteiger partial charge in [-0.2, -0.15) is 0 Å². The summed E-state index contributed by atoms with van der Waals surface area (Å²) in [4.78, 5) is 14.9. The maximum atomic E-state index is 12.9. The van der Waals surface area contributed by atoms with Gasteiger partial charge in [0.05, 0.1) is 5.56 Å². The Hall–Kier alpha value is -1.23. The summed E-state index contributed by atoms with van der Waals surface area (Å²) in [5, 5.41) is 0.925. The molecule has 114 valence electrons. The monoisotopic (exact) mass is 353 g/mol. The van der Waals surface area contributed by atoms with Crippen molar-refractivity contribution >= 4 is 21.8 Å². The maximum Gasteiger partial charge on any atom is 0.258 e. The third kappa shape index (κ3) is 3.03. The second-order valence-electron chi connectivity index (χ2n) is 5.46. The van der Waals surface area contributed by atoms with E-state index < -0.39 is 0 Å². The molecule has 0 radical (unpaired) electrons. The summed E-state index contributed by atoms with van der Waals surface area (Å²) in [5.74, 6) is 1.36. The molecule has 1 unspecified atom stereocenters. The van der Waals surface area contributed by atoms with Crippen LogP contribution in [0.2, 0.25) is 0 Å². The SMILES string of the molecule is O=C(c1cccc2c1OCCO2)N1CCCCC1CCBr. The summed E-state index contributed by atoms with van der Waals surface area (Å²) in [5.41, 5.74) is 0.633. The molecule has 2 aliphatic rings. The molecular formula is C16H20BrNO3. The summed E-state index contributed by atoms with van der Waals surface area (Å²) in [6, 6.07) is 5.89. The number of likely N-dealkylation sites (tertiary alicyclic amines) is 1. The molecule has 21 heavy (non-hydrogen) atoms. The third-order valence-corrected chi connectivity index (χ3v) is 4.58. The second-order valence-corrected chi connectivity index (χ2v) is 6.25. The number of benzene rings is 1. The van der Waals surface area contributed by atoms with Crippen LogP contribution in [0.5, 0.6) is 11.5 Å². The van der Waals surface area contributed by atoms with Crippen LogP contribution in [0.25, 0.3) is 0 Å². The fourth-order valence-electron chi connectivity index (χ4n) is 3.09. The van der Waals surface area contributed by atoms with Crippen LogP contribution in [0.4, 0.5) is 0 Å². The number of carbonyl (C=O) groups excluding carboxylic acids is 1. The summed E-state index contributed by atoms with van der Waals surface area (Å²) >= 11 is 3.50. The molecule has 3 rings (SSSR count). The minimum Gasteiger partial charge on any atom is -0.486 e. The molecule has 2 aliphatic heterocycles. The number of rotatable bonds is 3. The molecule has 1 atom stereocenters. The molecular weight excluding hydrogens is 334 g/mol. The first-order chi connectivity index (χ1) is 10.3. The van der Waals surface area contributed by atoms with Crippen LogP contribution in [0, 0.1) is 0 Å². The van der Waals surface area contributed by atoms with Crippen molar-refractivity contribution in [2.75, 3.05) is 25.1 Å². The highest BCUT2D eigenvalue weighted by Gasteiger charge is 2.30. The van der Waals surface area contributed by atoms with Crippen molar-refractivity contribution in [3.63, 3.8) is 0 Å². The van der Waals surface area contributed by atoms with Gasteiger partial charge in [0.1, 0.15) is 13.2 Å². The van der Waals surface area contributed by atoms with Crippen molar-refractivity contribution in [2.24, 2.45) is 0 Å². The van der Waals surface area contributed by atoms with E-state index in [1.54, 1.807) is 0 Å². The van der Waals surface area contributed by atoms with Gasteiger partial charge in [0.15, 0.2) is 11.5 Å². The molecule has 0 bridgehead atoms. The van der Waals surface area contributed by atoms with Gasteiger partial charge in [0.25, 0.3) is 5.91 Å². The number of hydrogen-bond acceptors (Lipinski definition) is 3. The Bertz CT molecular complexity index is 518. The highest BCUT2D eigenvalue weighted by atomic mass is 79.9. The van der Waals surface area contributed by atoms with E-state index in [0.29, 0.717) is 36.3 Å². The maximum absolute atomic E-state index is 12.9. The van der Waals surface area contributed by atoms with Crippen LogP contribution in [0.3, 0.4) is 0 Å². The van der Waals surface area contributed by atoms with Gasteiger partial charge in [-0.05, 0) is 37.8 Å². The molecule has 4 nitrogen and oxygen atoms in total. The first kappa shape index (κ1) is 14.7. The first-order valence-electron chi connectivity index (χ1n) is 7.57. The molecule has 1 fully saturated rings. The summed E-state index contributed by atoms with van der Waals surface area (Å²) in [6.07, 6.45) is 4.37. The quantitative estimate of drug-likeness (QED) is 0.783. The lowest BCUT2D eigenvalue weighted by Crippen LogP contribution is -2.44. The standard InChI is InChI=1S/C16H20BrNO3/c17-8-7-12-4-1-2-9-18(12)16(19)13-5-3-6-14-15(13)21-11-10-20-14/h3,5-6,12H,1-2,4,7-11H2. The number of nitrogens with zero attached hydrogens (tertiary/aromatic N) is 1. The van der Waals surface area contributed by atoms with Crippen LogP contribution >= 0.6 is 15.9 Å². The Morgan fingerprint density at radius 2 is 2.14 bits per heavy atom. The third-order valence-electron chi connectivity index (χ3n) is 4.13. The Labute approximate surface area is 133 Å². The summed E-state index contributed by atoms with van der Waals surface area (Å²) in [6.45, 7) is 1.88. The minimum absolute atomic E-state index is 0.0722. The second kappa shape index (κ2) is 6.69. The number of fused-ring (bicyclic) bond motifs is 1. The van der Waals surface area contributed by atoms with Gasteiger partial charge in [-0.1, -0.05) is 22.0 Å². The zero-order chi connectivity index (χ0) is 14.7. The van der Waals surface area contributed by atoms with Gasteiger partial charge in [-0.25, -0.2) is 0 Å². The van der Waals surface area contributed by atoms with Crippen molar-refractivity contribution in [2.45, 2.75) is 31.7 Å². The summed E-state index contributed by atoms with van der Waals surface area (Å²) in [7, 11) is 0. The van der Waals surface area contributed by atoms with Gasteiger partial charge >= 0.3 is 0 Å². The van der Waals surface area contributed by atoms with E-state index in [1.165, 1.54) is 6.42 Å². The first-order valence-corrected chi connectivity index (χ1v) is 8.69. The molecule has 0 aromatic heterocycles. The van der Waals surface area contributed by atoms with Crippen molar-refractivity contribution < 1.29 is 14.3 Å². The molecule has 1 aromatic rings. The Morgan fingerprint density at radius 3 is 3.00 bits per heavy atom. The molecule has 2 heterocycles. The molecule has 0 spiro atoms. The molecule has 0 saturated carbocycles. The van der Waals surface area contributed by atoms with Crippen molar-refractivity contribution in [3.05, 3.63) is 23.8 Å². The fraction of sp³-hybridized carbons (Fsp3) is 0.562. The Balaban J connectivity index is 1.87. The number of hydrogen-bond donors (Lipinski definition) is 0. The van der Waals surface area contributed by atoms with E-state index in [0.717, 1.165) is 31.1 Å². The lowest BCUT2D eigenvalue weighted by Gasteiger charge is -2.36. The molecule has 0 aliphatic carbocycles. The molecule has 0 N–H and O–H groups in total. The van der Waals surface area contributed by atoms with Crippen molar-refractivity contribution in [3.8, 4) is 11.5 Å². The Morgan fingerprint density at radius 1 is 1.29 bits per heavy atom. The van der Waals surface area contributed by atoms with E-state index in [1.807, 2.05) is 23.1 Å². The van der Waals surface area contributed by atoms with Crippen LogP contribution in [0.15, 0.2) is 18.2 Å². The molecule has 5 heteroatoms. The zero-order valence-corrected chi connectivity index (χ0v) is 13.6. The van der Waals surface area contributed by atoms with E-state index in [9.17, 15) is 4.79 Å². The van der Waals surface area contributed by atoms with Gasteiger partial charge in [-0.15, -0.1) is 0 Å². The lowest BCUT2D eigenvalue weighted by molar-refractivity contribution is 0.0600. The number of piperidine rings is 1. The average Bonchev–Trinajstić information content (AvgIpc) is 2.54. The topological polar surface area (TPSA) is 38.8 Å². The number of ether oxygens (including phenoxy) is 2. The lowest BCUT2D eigenvalue weighted by atomic mass is 9.98. The number of carbonyl (C=O) groups is 1. The van der Waals surface area contributed by atoms with Crippen LogP contribution in [-0.2, 0) is 0 Å². The molecule has 1 amide bonds. The normalized spacial score (nSPS) is 21.2. The van der Waals surface area contributed by atoms with E-state index in [4.69, 9.17) is 9.47 Å². The smallest absolute Gasteiger partial charge is 0.258 e. The number of alkyl halides is 1. The fourth-order valence-corrected chi connectivity index (χ4v) is 3.62. The van der Waals surface area contributed by atoms with Gasteiger partial charge in [0, 0.05) is 17.9 Å². The van der Waals surface area contributed by atoms with E-state index in [2.05, 4.69) is 15.9 Å². The highest BCUT2D eigenvalue weighted by Crippen LogP contribution is 2.35. The number of amides is 1. The average molecular weight is 354 g/mol. The van der Waals surface area contributed by atoms with E-state index in [-0.39, 0.29) is 5.91 Å². The largest absolute Gasteiger partial charge is 0.486 e. The Kier molecular flexibility index (Phi) is 4.68. The highest BCUT2D eigenvalue weighted by molar-refractivity contribution is 9.09. The predicted molar refractivity (Wildman–Crippen MR) is 84.5 cm³/mol. The zero-order valence-electron chi connectivity index (χ0n) is 12.0. The van der Waals surface area contributed by atoms with Gasteiger partial charge in [-0.3, -0.25) is 4.79 Å². The minimum atomic E-state index is 0.0722. The van der Waals surface area contributed by atoms with Crippen molar-refractivity contribution in [1.82, 2.24) is 4.90 Å². The van der Waals surface area contributed by atoms with Gasteiger partial charge in [0.2, 0.25) is 0 Å². The van der Waals surface area contributed by atoms with Gasteiger partial charge < -0.3 is 14.4 Å². The number of halogens is 1.